The molecule has 1 fully saturated rings. The van der Waals surface area contributed by atoms with Crippen molar-refractivity contribution in [2.24, 2.45) is 0 Å². The van der Waals surface area contributed by atoms with Gasteiger partial charge in [0.15, 0.2) is 11.5 Å². The molecule has 9 nitrogen and oxygen atoms in total. The van der Waals surface area contributed by atoms with E-state index in [1.165, 1.54) is 38.3 Å². The van der Waals surface area contributed by atoms with Crippen LogP contribution in [0.5, 0.6) is 11.5 Å². The van der Waals surface area contributed by atoms with Gasteiger partial charge in [-0.1, -0.05) is 6.07 Å². The molecule has 0 atom stereocenters. The van der Waals surface area contributed by atoms with Crippen molar-refractivity contribution >= 4 is 27.7 Å². The van der Waals surface area contributed by atoms with Crippen molar-refractivity contribution in [1.82, 2.24) is 10.2 Å². The molecular weight excluding hydrogens is 434 g/mol. The first-order valence-corrected chi connectivity index (χ1v) is 11.7. The molecule has 2 N–H and O–H groups in total. The number of methoxy groups -OCH3 is 1. The topological polar surface area (TPSA) is 114 Å². The molecule has 3 rings (SSSR count). The molecular formula is C22H27N3O6S. The van der Waals surface area contributed by atoms with E-state index in [9.17, 15) is 18.0 Å². The molecule has 1 aliphatic rings. The van der Waals surface area contributed by atoms with Crippen LogP contribution < -0.4 is 19.6 Å². The Morgan fingerprint density at radius 2 is 1.78 bits per heavy atom. The van der Waals surface area contributed by atoms with Crippen LogP contribution in [-0.2, 0) is 21.5 Å². The minimum absolute atomic E-state index is 0.0302. The minimum Gasteiger partial charge on any atom is -0.493 e. The van der Waals surface area contributed by atoms with Crippen LogP contribution in [-0.4, -0.2) is 45.0 Å². The zero-order chi connectivity index (χ0) is 23.3. The number of benzene rings is 2. The first kappa shape index (κ1) is 23.4. The number of nitrogens with zero attached hydrogens (tertiary/aromatic N) is 1. The molecule has 0 saturated heterocycles. The molecule has 1 saturated carbocycles. The molecule has 3 amide bonds. The second kappa shape index (κ2) is 9.90. The Bertz CT molecular complexity index is 1080. The molecule has 0 radical (unpaired) electrons. The molecule has 0 aromatic heterocycles. The van der Waals surface area contributed by atoms with Crippen molar-refractivity contribution in [2.75, 3.05) is 19.0 Å². The number of anilines is 1. The van der Waals surface area contributed by atoms with Gasteiger partial charge in [-0.2, -0.15) is 8.42 Å². The summed E-state index contributed by atoms with van der Waals surface area (Å²) in [5.41, 5.74) is 1.19. The van der Waals surface area contributed by atoms with Gasteiger partial charge < -0.3 is 24.5 Å². The number of ether oxygens (including phenoxy) is 1. The van der Waals surface area contributed by atoms with E-state index < -0.39 is 10.1 Å². The van der Waals surface area contributed by atoms with E-state index in [4.69, 9.17) is 8.92 Å². The van der Waals surface area contributed by atoms with E-state index >= 15 is 0 Å². The highest BCUT2D eigenvalue weighted by Gasteiger charge is 2.32. The average molecular weight is 462 g/mol. The van der Waals surface area contributed by atoms with Crippen molar-refractivity contribution in [2.45, 2.75) is 44.2 Å². The molecule has 0 unspecified atom stereocenters. The van der Waals surface area contributed by atoms with E-state index in [1.54, 1.807) is 23.1 Å². The van der Waals surface area contributed by atoms with Gasteiger partial charge in [0.05, 0.1) is 7.11 Å². The summed E-state index contributed by atoms with van der Waals surface area (Å²) in [6, 6.07) is 10.6. The van der Waals surface area contributed by atoms with Crippen LogP contribution in [0.25, 0.3) is 0 Å². The van der Waals surface area contributed by atoms with Crippen molar-refractivity contribution in [3.8, 4) is 11.5 Å². The highest BCUT2D eigenvalue weighted by molar-refractivity contribution is 7.87. The van der Waals surface area contributed by atoms with E-state index in [0.29, 0.717) is 18.8 Å². The predicted octanol–water partition coefficient (Wildman–Crippen LogP) is 3.12. The maximum Gasteiger partial charge on any atom is 0.339 e. The van der Waals surface area contributed by atoms with E-state index in [0.717, 1.165) is 18.4 Å². The summed E-state index contributed by atoms with van der Waals surface area (Å²) in [5, 5.41) is 5.39. The van der Waals surface area contributed by atoms with Crippen molar-refractivity contribution < 1.29 is 26.9 Å². The molecule has 0 heterocycles. The minimum atomic E-state index is -4.15. The van der Waals surface area contributed by atoms with Gasteiger partial charge in [-0.25, -0.2) is 4.79 Å². The fourth-order valence-corrected chi connectivity index (χ4v) is 4.09. The monoisotopic (exact) mass is 461 g/mol. The predicted molar refractivity (Wildman–Crippen MR) is 119 cm³/mol. The second-order valence-corrected chi connectivity index (χ2v) is 8.97. The van der Waals surface area contributed by atoms with Crippen molar-refractivity contribution in [3.05, 3.63) is 48.0 Å². The summed E-state index contributed by atoms with van der Waals surface area (Å²) in [6.07, 6.45) is 1.89. The third kappa shape index (κ3) is 5.91. The Hall–Kier alpha value is -3.27. The number of urea groups is 1. The molecule has 32 heavy (non-hydrogen) atoms. The zero-order valence-electron chi connectivity index (χ0n) is 18.3. The smallest absolute Gasteiger partial charge is 0.339 e. The average Bonchev–Trinajstić information content (AvgIpc) is 3.57. The fourth-order valence-electron chi connectivity index (χ4n) is 3.16. The Balaban J connectivity index is 1.82. The third-order valence-electron chi connectivity index (χ3n) is 4.82. The highest BCUT2D eigenvalue weighted by Crippen LogP contribution is 2.33. The lowest BCUT2D eigenvalue weighted by molar-refractivity contribution is -0.114. The van der Waals surface area contributed by atoms with Gasteiger partial charge in [0.2, 0.25) is 5.91 Å². The molecule has 0 aliphatic heterocycles. The van der Waals surface area contributed by atoms with E-state index in [-0.39, 0.29) is 34.4 Å². The largest absolute Gasteiger partial charge is 0.493 e. The van der Waals surface area contributed by atoms with Crippen molar-refractivity contribution in [3.63, 3.8) is 0 Å². The standard InChI is InChI=1S/C22H27N3O6S/c1-4-23-22(27)25(18-8-9-18)14-16-5-12-20(30-3)21(13-16)31-32(28,29)19-10-6-17(7-11-19)24-15(2)26/h5-7,10-13,18H,4,8-9,14H2,1-3H3,(H,23,27)(H,24,26). The van der Waals surface area contributed by atoms with Crippen LogP contribution in [0.3, 0.4) is 0 Å². The molecule has 0 bridgehead atoms. The normalized spacial score (nSPS) is 13.2. The zero-order valence-corrected chi connectivity index (χ0v) is 19.1. The Kier molecular flexibility index (Phi) is 7.24. The quantitative estimate of drug-likeness (QED) is 0.555. The lowest BCUT2D eigenvalue weighted by Gasteiger charge is -2.23. The highest BCUT2D eigenvalue weighted by atomic mass is 32.2. The first-order valence-electron chi connectivity index (χ1n) is 10.3. The molecule has 10 heteroatoms. The number of carbonyl (C=O) groups excluding carboxylic acids is 2. The Morgan fingerprint density at radius 3 is 2.34 bits per heavy atom. The molecule has 0 spiro atoms. The summed E-state index contributed by atoms with van der Waals surface area (Å²) in [5.74, 6) is 0.0250. The molecule has 172 valence electrons. The van der Waals surface area contributed by atoms with E-state index in [2.05, 4.69) is 10.6 Å². The lowest BCUT2D eigenvalue weighted by Crippen LogP contribution is -2.40. The summed E-state index contributed by atoms with van der Waals surface area (Å²) in [4.78, 5) is 25.2. The van der Waals surface area contributed by atoms with E-state index in [1.807, 2.05) is 6.92 Å². The van der Waals surface area contributed by atoms with Crippen LogP contribution >= 0.6 is 0 Å². The van der Waals surface area contributed by atoms with Crippen LogP contribution in [0.1, 0.15) is 32.3 Å². The SMILES string of the molecule is CCNC(=O)N(Cc1ccc(OC)c(OS(=O)(=O)c2ccc(NC(C)=O)cc2)c1)C1CC1. The van der Waals surface area contributed by atoms with Gasteiger partial charge in [0.25, 0.3) is 0 Å². The van der Waals surface area contributed by atoms with Crippen LogP contribution in [0, 0.1) is 0 Å². The Labute approximate surface area is 187 Å². The number of amides is 3. The summed E-state index contributed by atoms with van der Waals surface area (Å²) in [6.45, 7) is 4.07. The van der Waals surface area contributed by atoms with Crippen molar-refractivity contribution in [1.29, 1.82) is 0 Å². The molecule has 2 aromatic carbocycles. The third-order valence-corrected chi connectivity index (χ3v) is 6.07. The van der Waals surface area contributed by atoms with Crippen LogP contribution in [0.2, 0.25) is 0 Å². The van der Waals surface area contributed by atoms with Gasteiger partial charge in [0, 0.05) is 31.7 Å². The lowest BCUT2D eigenvalue weighted by atomic mass is 10.2. The maximum absolute atomic E-state index is 12.8. The maximum atomic E-state index is 12.8. The molecule has 2 aromatic rings. The van der Waals surface area contributed by atoms with Gasteiger partial charge in [-0.3, -0.25) is 4.79 Å². The number of hydrogen-bond donors (Lipinski definition) is 2. The summed E-state index contributed by atoms with van der Waals surface area (Å²) in [7, 11) is -2.73. The second-order valence-electron chi connectivity index (χ2n) is 7.42. The summed E-state index contributed by atoms with van der Waals surface area (Å²) >= 11 is 0. The Morgan fingerprint density at radius 1 is 1.09 bits per heavy atom. The summed E-state index contributed by atoms with van der Waals surface area (Å²) < 4.78 is 36.3. The number of nitrogens with one attached hydrogen (secondary N) is 2. The fraction of sp³-hybridized carbons (Fsp3) is 0.364. The number of hydrogen-bond acceptors (Lipinski definition) is 6. The van der Waals surface area contributed by atoms with Gasteiger partial charge in [0.1, 0.15) is 4.90 Å². The van der Waals surface area contributed by atoms with Gasteiger partial charge >= 0.3 is 16.1 Å². The van der Waals surface area contributed by atoms with Gasteiger partial charge in [-0.05, 0) is 61.7 Å². The first-order chi connectivity index (χ1) is 15.2. The van der Waals surface area contributed by atoms with Crippen LogP contribution in [0.15, 0.2) is 47.4 Å². The molecule has 1 aliphatic carbocycles. The number of carbonyl (C=O) groups is 2. The van der Waals surface area contributed by atoms with Crippen LogP contribution in [0.4, 0.5) is 10.5 Å². The van der Waals surface area contributed by atoms with Gasteiger partial charge in [-0.15, -0.1) is 0 Å². The number of rotatable bonds is 9.